The lowest BCUT2D eigenvalue weighted by atomic mass is 10.1. The molecule has 1 aromatic carbocycles. The topological polar surface area (TPSA) is 23.6 Å². The van der Waals surface area contributed by atoms with Gasteiger partial charge in [0, 0.05) is 13.1 Å². The summed E-state index contributed by atoms with van der Waals surface area (Å²) >= 11 is 0. The first kappa shape index (κ1) is 10.0. The molecule has 0 spiro atoms. The van der Waals surface area contributed by atoms with E-state index in [1.807, 2.05) is 25.2 Å². The highest BCUT2D eigenvalue weighted by atomic mass is 16.2. The van der Waals surface area contributed by atoms with Crippen LogP contribution in [0.25, 0.3) is 0 Å². The number of nitrogens with zero attached hydrogens (tertiary/aromatic N) is 2. The molecule has 1 aromatic rings. The number of para-hydroxylation sites is 2. The number of rotatable bonds is 1. The van der Waals surface area contributed by atoms with Crippen molar-refractivity contribution in [2.75, 3.05) is 23.4 Å². The Hall–Kier alpha value is -1.51. The standard InChI is InChI=1S/C12H16N2O/c1-9(2)14-8-12(15)13(3)10-6-4-5-7-11(10)14/h4-7,9H,8H2,1-3H3. The van der Waals surface area contributed by atoms with Gasteiger partial charge in [0.25, 0.3) is 0 Å². The summed E-state index contributed by atoms with van der Waals surface area (Å²) in [5.41, 5.74) is 2.15. The van der Waals surface area contributed by atoms with Crippen LogP contribution in [-0.4, -0.2) is 25.5 Å². The lowest BCUT2D eigenvalue weighted by Gasteiger charge is -2.37. The van der Waals surface area contributed by atoms with E-state index in [0.717, 1.165) is 11.4 Å². The minimum atomic E-state index is 0.155. The van der Waals surface area contributed by atoms with Crippen molar-refractivity contribution in [3.05, 3.63) is 24.3 Å². The Balaban J connectivity index is 2.50. The summed E-state index contributed by atoms with van der Waals surface area (Å²) in [5.74, 6) is 0.155. The van der Waals surface area contributed by atoms with Gasteiger partial charge in [0.2, 0.25) is 5.91 Å². The van der Waals surface area contributed by atoms with E-state index < -0.39 is 0 Å². The van der Waals surface area contributed by atoms with Gasteiger partial charge in [0.15, 0.2) is 0 Å². The Kier molecular flexibility index (Phi) is 2.39. The van der Waals surface area contributed by atoms with Crippen LogP contribution in [0.3, 0.4) is 0 Å². The fourth-order valence-corrected chi connectivity index (χ4v) is 1.92. The van der Waals surface area contributed by atoms with Gasteiger partial charge >= 0.3 is 0 Å². The molecule has 0 N–H and O–H groups in total. The summed E-state index contributed by atoms with van der Waals surface area (Å²) in [5, 5.41) is 0. The highest BCUT2D eigenvalue weighted by Gasteiger charge is 2.27. The summed E-state index contributed by atoms with van der Waals surface area (Å²) in [7, 11) is 1.83. The Morgan fingerprint density at radius 2 is 1.80 bits per heavy atom. The fraction of sp³-hybridized carbons (Fsp3) is 0.417. The molecule has 0 saturated carbocycles. The molecule has 3 nitrogen and oxygen atoms in total. The van der Waals surface area contributed by atoms with E-state index >= 15 is 0 Å². The Labute approximate surface area is 90.3 Å². The van der Waals surface area contributed by atoms with Crippen molar-refractivity contribution in [3.63, 3.8) is 0 Å². The number of hydrogen-bond acceptors (Lipinski definition) is 2. The molecule has 0 bridgehead atoms. The first-order chi connectivity index (χ1) is 7.11. The quantitative estimate of drug-likeness (QED) is 0.697. The van der Waals surface area contributed by atoms with Crippen molar-refractivity contribution in [3.8, 4) is 0 Å². The molecule has 1 amide bonds. The molecule has 0 aliphatic carbocycles. The normalized spacial score (nSPS) is 15.9. The second-order valence-electron chi connectivity index (χ2n) is 4.16. The molecule has 1 aliphatic rings. The zero-order valence-electron chi connectivity index (χ0n) is 9.40. The van der Waals surface area contributed by atoms with Crippen molar-refractivity contribution >= 4 is 17.3 Å². The van der Waals surface area contributed by atoms with E-state index in [4.69, 9.17) is 0 Å². The second kappa shape index (κ2) is 3.57. The zero-order chi connectivity index (χ0) is 11.0. The maximum Gasteiger partial charge on any atom is 0.246 e. The minimum Gasteiger partial charge on any atom is -0.358 e. The van der Waals surface area contributed by atoms with Gasteiger partial charge in [-0.1, -0.05) is 12.1 Å². The number of amides is 1. The maximum absolute atomic E-state index is 11.8. The first-order valence-electron chi connectivity index (χ1n) is 5.23. The van der Waals surface area contributed by atoms with Gasteiger partial charge in [-0.2, -0.15) is 0 Å². The predicted molar refractivity (Wildman–Crippen MR) is 62.3 cm³/mol. The molecular weight excluding hydrogens is 188 g/mol. The van der Waals surface area contributed by atoms with Crippen molar-refractivity contribution in [2.45, 2.75) is 19.9 Å². The van der Waals surface area contributed by atoms with Crippen LogP contribution in [0.1, 0.15) is 13.8 Å². The van der Waals surface area contributed by atoms with Crippen LogP contribution >= 0.6 is 0 Å². The monoisotopic (exact) mass is 204 g/mol. The summed E-state index contributed by atoms with van der Waals surface area (Å²) in [6.45, 7) is 4.69. The Morgan fingerprint density at radius 3 is 2.40 bits per heavy atom. The Bertz CT molecular complexity index is 387. The summed E-state index contributed by atoms with van der Waals surface area (Å²) < 4.78 is 0. The zero-order valence-corrected chi connectivity index (χ0v) is 9.40. The largest absolute Gasteiger partial charge is 0.358 e. The summed E-state index contributed by atoms with van der Waals surface area (Å²) in [6.07, 6.45) is 0. The van der Waals surface area contributed by atoms with E-state index in [-0.39, 0.29) is 5.91 Å². The number of carbonyl (C=O) groups excluding carboxylic acids is 1. The number of fused-ring (bicyclic) bond motifs is 1. The molecule has 80 valence electrons. The molecule has 1 aliphatic heterocycles. The molecule has 3 heteroatoms. The third kappa shape index (κ3) is 1.58. The maximum atomic E-state index is 11.8. The number of likely N-dealkylation sites (N-methyl/N-ethyl adjacent to an activating group) is 1. The molecule has 0 atom stereocenters. The van der Waals surface area contributed by atoms with Crippen LogP contribution < -0.4 is 9.80 Å². The third-order valence-electron chi connectivity index (χ3n) is 2.86. The van der Waals surface area contributed by atoms with Crippen LogP contribution in [0.4, 0.5) is 11.4 Å². The summed E-state index contributed by atoms with van der Waals surface area (Å²) in [4.78, 5) is 15.6. The highest BCUT2D eigenvalue weighted by Crippen LogP contribution is 2.33. The number of hydrogen-bond donors (Lipinski definition) is 0. The van der Waals surface area contributed by atoms with E-state index in [9.17, 15) is 4.79 Å². The number of benzene rings is 1. The van der Waals surface area contributed by atoms with E-state index in [1.165, 1.54) is 0 Å². The predicted octanol–water partition coefficient (Wildman–Crippen LogP) is 1.88. The average Bonchev–Trinajstić information content (AvgIpc) is 2.23. The fourth-order valence-electron chi connectivity index (χ4n) is 1.92. The Morgan fingerprint density at radius 1 is 1.20 bits per heavy atom. The van der Waals surface area contributed by atoms with Crippen LogP contribution in [0, 0.1) is 0 Å². The van der Waals surface area contributed by atoms with Gasteiger partial charge < -0.3 is 9.80 Å². The van der Waals surface area contributed by atoms with Crippen molar-refractivity contribution in [1.82, 2.24) is 0 Å². The van der Waals surface area contributed by atoms with Crippen LogP contribution in [0.15, 0.2) is 24.3 Å². The molecule has 0 saturated heterocycles. The van der Waals surface area contributed by atoms with E-state index in [0.29, 0.717) is 12.6 Å². The SMILES string of the molecule is CC(C)N1CC(=O)N(C)c2ccccc21. The van der Waals surface area contributed by atoms with E-state index in [1.54, 1.807) is 4.90 Å². The van der Waals surface area contributed by atoms with Gasteiger partial charge in [0.05, 0.1) is 17.9 Å². The molecule has 15 heavy (non-hydrogen) atoms. The summed E-state index contributed by atoms with van der Waals surface area (Å²) in [6, 6.07) is 8.38. The number of anilines is 2. The van der Waals surface area contributed by atoms with E-state index in [2.05, 4.69) is 24.8 Å². The molecule has 0 fully saturated rings. The van der Waals surface area contributed by atoms with Crippen molar-refractivity contribution < 1.29 is 4.79 Å². The third-order valence-corrected chi connectivity index (χ3v) is 2.86. The van der Waals surface area contributed by atoms with Gasteiger partial charge in [-0.25, -0.2) is 0 Å². The molecule has 1 heterocycles. The van der Waals surface area contributed by atoms with Crippen LogP contribution in [-0.2, 0) is 4.79 Å². The van der Waals surface area contributed by atoms with Crippen LogP contribution in [0.2, 0.25) is 0 Å². The molecule has 0 radical (unpaired) electrons. The minimum absolute atomic E-state index is 0.155. The molecule has 2 rings (SSSR count). The highest BCUT2D eigenvalue weighted by molar-refractivity contribution is 6.02. The smallest absolute Gasteiger partial charge is 0.246 e. The molecule has 0 unspecified atom stereocenters. The van der Waals surface area contributed by atoms with Gasteiger partial charge in [-0.3, -0.25) is 4.79 Å². The van der Waals surface area contributed by atoms with Gasteiger partial charge in [0.1, 0.15) is 0 Å². The average molecular weight is 204 g/mol. The van der Waals surface area contributed by atoms with Crippen molar-refractivity contribution in [1.29, 1.82) is 0 Å². The number of carbonyl (C=O) groups is 1. The molecular formula is C12H16N2O. The second-order valence-corrected chi connectivity index (χ2v) is 4.16. The van der Waals surface area contributed by atoms with Gasteiger partial charge in [-0.15, -0.1) is 0 Å². The van der Waals surface area contributed by atoms with Gasteiger partial charge in [-0.05, 0) is 26.0 Å². The first-order valence-corrected chi connectivity index (χ1v) is 5.23. The molecule has 0 aromatic heterocycles. The van der Waals surface area contributed by atoms with Crippen LogP contribution in [0.5, 0.6) is 0 Å². The lowest BCUT2D eigenvalue weighted by Crippen LogP contribution is -2.46. The lowest BCUT2D eigenvalue weighted by molar-refractivity contribution is -0.117. The van der Waals surface area contributed by atoms with Crippen molar-refractivity contribution in [2.24, 2.45) is 0 Å².